The highest BCUT2D eigenvalue weighted by Gasteiger charge is 2.10. The van der Waals surface area contributed by atoms with E-state index < -0.39 is 0 Å². The average Bonchev–Trinajstić information content (AvgIpc) is 2.60. The zero-order chi connectivity index (χ0) is 16.8. The summed E-state index contributed by atoms with van der Waals surface area (Å²) in [5, 5.41) is 6.84. The molecule has 6 heteroatoms. The molecule has 1 aliphatic rings. The Morgan fingerprint density at radius 2 is 2.08 bits per heavy atom. The Morgan fingerprint density at radius 3 is 2.92 bits per heavy atom. The number of ether oxygens (including phenoxy) is 1. The lowest BCUT2D eigenvalue weighted by molar-refractivity contribution is 0.0375. The second kappa shape index (κ2) is 8.08. The molecular formula is C18H24N4O2. The maximum atomic E-state index is 12.1. The number of amides is 2. The number of nitrogens with zero attached hydrogens (tertiary/aromatic N) is 2. The fourth-order valence-electron chi connectivity index (χ4n) is 2.84. The van der Waals surface area contributed by atoms with Gasteiger partial charge < -0.3 is 15.4 Å². The van der Waals surface area contributed by atoms with Crippen molar-refractivity contribution < 1.29 is 9.53 Å². The molecule has 2 heterocycles. The molecule has 2 N–H and O–H groups in total. The fraction of sp³-hybridized carbons (Fsp3) is 0.444. The number of pyridine rings is 1. The van der Waals surface area contributed by atoms with Crippen LogP contribution in [0.25, 0.3) is 10.9 Å². The third kappa shape index (κ3) is 4.43. The zero-order valence-electron chi connectivity index (χ0n) is 14.0. The number of nitrogens with one attached hydrogen (secondary N) is 2. The van der Waals surface area contributed by atoms with Crippen LogP contribution in [0.4, 0.5) is 10.5 Å². The molecule has 0 radical (unpaired) electrons. The minimum absolute atomic E-state index is 0.187. The van der Waals surface area contributed by atoms with E-state index in [-0.39, 0.29) is 6.03 Å². The highest BCUT2D eigenvalue weighted by molar-refractivity contribution is 5.99. The SMILES string of the molecule is Cc1ccc2cccc(NC(=O)NCCCN3CCOCC3)c2n1. The van der Waals surface area contributed by atoms with Crippen LogP contribution in [0, 0.1) is 6.92 Å². The lowest BCUT2D eigenvalue weighted by Crippen LogP contribution is -2.38. The van der Waals surface area contributed by atoms with E-state index in [0.29, 0.717) is 6.54 Å². The molecule has 128 valence electrons. The van der Waals surface area contributed by atoms with Gasteiger partial charge in [-0.3, -0.25) is 9.88 Å². The minimum atomic E-state index is -0.187. The van der Waals surface area contributed by atoms with Crippen molar-refractivity contribution in [1.29, 1.82) is 0 Å². The van der Waals surface area contributed by atoms with Gasteiger partial charge in [0.1, 0.15) is 0 Å². The molecule has 1 aromatic heterocycles. The van der Waals surface area contributed by atoms with Crippen molar-refractivity contribution in [3.05, 3.63) is 36.0 Å². The summed E-state index contributed by atoms with van der Waals surface area (Å²) in [4.78, 5) is 19.0. The zero-order valence-corrected chi connectivity index (χ0v) is 14.0. The summed E-state index contributed by atoms with van der Waals surface area (Å²) in [5.41, 5.74) is 2.49. The summed E-state index contributed by atoms with van der Waals surface area (Å²) in [6.45, 7) is 7.16. The Hall–Kier alpha value is -2.18. The summed E-state index contributed by atoms with van der Waals surface area (Å²) in [7, 11) is 0. The first kappa shape index (κ1) is 16.7. The minimum Gasteiger partial charge on any atom is -0.379 e. The number of rotatable bonds is 5. The third-order valence-electron chi connectivity index (χ3n) is 4.15. The lowest BCUT2D eigenvalue weighted by atomic mass is 10.2. The van der Waals surface area contributed by atoms with Crippen molar-refractivity contribution in [3.63, 3.8) is 0 Å². The Balaban J connectivity index is 1.49. The number of hydrogen-bond acceptors (Lipinski definition) is 4. The molecule has 2 aromatic rings. The number of morpholine rings is 1. The van der Waals surface area contributed by atoms with Crippen LogP contribution in [0.3, 0.4) is 0 Å². The standard InChI is InChI=1S/C18H24N4O2/c1-14-6-7-15-4-2-5-16(17(15)20-14)21-18(23)19-8-3-9-22-10-12-24-13-11-22/h2,4-7H,3,8-13H2,1H3,(H2,19,21,23). The second-order valence-corrected chi connectivity index (χ2v) is 6.02. The Kier molecular flexibility index (Phi) is 5.61. The van der Waals surface area contributed by atoms with Crippen LogP contribution in [-0.4, -0.2) is 55.3 Å². The van der Waals surface area contributed by atoms with Crippen LogP contribution in [0.2, 0.25) is 0 Å². The van der Waals surface area contributed by atoms with Crippen molar-refractivity contribution in [3.8, 4) is 0 Å². The Morgan fingerprint density at radius 1 is 1.25 bits per heavy atom. The van der Waals surface area contributed by atoms with Gasteiger partial charge >= 0.3 is 6.03 Å². The van der Waals surface area contributed by atoms with E-state index in [4.69, 9.17) is 4.74 Å². The van der Waals surface area contributed by atoms with Gasteiger partial charge in [0.25, 0.3) is 0 Å². The molecule has 0 spiro atoms. The number of urea groups is 1. The average molecular weight is 328 g/mol. The van der Waals surface area contributed by atoms with Crippen molar-refractivity contribution in [2.45, 2.75) is 13.3 Å². The Labute approximate surface area is 142 Å². The number of fused-ring (bicyclic) bond motifs is 1. The number of anilines is 1. The van der Waals surface area contributed by atoms with E-state index in [1.54, 1.807) is 0 Å². The molecule has 0 saturated carbocycles. The molecule has 1 fully saturated rings. The summed E-state index contributed by atoms with van der Waals surface area (Å²) in [6.07, 6.45) is 0.931. The normalized spacial score (nSPS) is 15.4. The molecule has 1 aromatic carbocycles. The molecule has 24 heavy (non-hydrogen) atoms. The largest absolute Gasteiger partial charge is 0.379 e. The van der Waals surface area contributed by atoms with Gasteiger partial charge in [-0.25, -0.2) is 4.79 Å². The van der Waals surface area contributed by atoms with Crippen molar-refractivity contribution in [2.75, 3.05) is 44.7 Å². The van der Waals surface area contributed by atoms with Gasteiger partial charge in [-0.1, -0.05) is 18.2 Å². The molecule has 0 aliphatic carbocycles. The van der Waals surface area contributed by atoms with E-state index in [9.17, 15) is 4.79 Å². The predicted octanol–water partition coefficient (Wildman–Crippen LogP) is 2.39. The number of aromatic nitrogens is 1. The maximum Gasteiger partial charge on any atom is 0.319 e. The molecular weight excluding hydrogens is 304 g/mol. The number of aryl methyl sites for hydroxylation is 1. The first-order valence-corrected chi connectivity index (χ1v) is 8.44. The quantitative estimate of drug-likeness (QED) is 0.827. The number of carbonyl (C=O) groups is 1. The van der Waals surface area contributed by atoms with Crippen LogP contribution in [0.1, 0.15) is 12.1 Å². The van der Waals surface area contributed by atoms with E-state index >= 15 is 0 Å². The summed E-state index contributed by atoms with van der Waals surface area (Å²) in [5.74, 6) is 0. The van der Waals surface area contributed by atoms with Crippen LogP contribution in [0.15, 0.2) is 30.3 Å². The predicted molar refractivity (Wildman–Crippen MR) is 95.4 cm³/mol. The van der Waals surface area contributed by atoms with E-state index in [0.717, 1.165) is 61.6 Å². The first-order chi connectivity index (χ1) is 11.7. The second-order valence-electron chi connectivity index (χ2n) is 6.02. The molecule has 1 saturated heterocycles. The molecule has 1 aliphatic heterocycles. The molecule has 3 rings (SSSR count). The van der Waals surface area contributed by atoms with Crippen LogP contribution in [-0.2, 0) is 4.74 Å². The first-order valence-electron chi connectivity index (χ1n) is 8.44. The van der Waals surface area contributed by atoms with Crippen LogP contribution >= 0.6 is 0 Å². The fourth-order valence-corrected chi connectivity index (χ4v) is 2.84. The number of para-hydroxylation sites is 1. The number of benzene rings is 1. The molecule has 2 amide bonds. The number of carbonyl (C=O) groups excluding carboxylic acids is 1. The van der Waals surface area contributed by atoms with Crippen LogP contribution in [0.5, 0.6) is 0 Å². The highest BCUT2D eigenvalue weighted by atomic mass is 16.5. The van der Waals surface area contributed by atoms with Crippen molar-refractivity contribution in [1.82, 2.24) is 15.2 Å². The summed E-state index contributed by atoms with van der Waals surface area (Å²) in [6, 6.07) is 9.59. The van der Waals surface area contributed by atoms with Gasteiger partial charge in [-0.05, 0) is 32.0 Å². The van der Waals surface area contributed by atoms with Gasteiger partial charge in [-0.15, -0.1) is 0 Å². The van der Waals surface area contributed by atoms with E-state index in [1.807, 2.05) is 37.3 Å². The van der Waals surface area contributed by atoms with Gasteiger partial charge in [0.15, 0.2) is 0 Å². The van der Waals surface area contributed by atoms with Gasteiger partial charge in [0, 0.05) is 30.7 Å². The summed E-state index contributed by atoms with van der Waals surface area (Å²) < 4.78 is 5.33. The molecule has 0 unspecified atom stereocenters. The topological polar surface area (TPSA) is 66.5 Å². The third-order valence-corrected chi connectivity index (χ3v) is 4.15. The molecule has 0 atom stereocenters. The van der Waals surface area contributed by atoms with E-state index in [2.05, 4.69) is 20.5 Å². The monoisotopic (exact) mass is 328 g/mol. The van der Waals surface area contributed by atoms with Crippen molar-refractivity contribution in [2.24, 2.45) is 0 Å². The van der Waals surface area contributed by atoms with E-state index in [1.165, 1.54) is 0 Å². The lowest BCUT2D eigenvalue weighted by Gasteiger charge is -2.26. The van der Waals surface area contributed by atoms with Crippen molar-refractivity contribution >= 4 is 22.6 Å². The van der Waals surface area contributed by atoms with Crippen LogP contribution < -0.4 is 10.6 Å². The highest BCUT2D eigenvalue weighted by Crippen LogP contribution is 2.21. The smallest absolute Gasteiger partial charge is 0.319 e. The molecule has 6 nitrogen and oxygen atoms in total. The van der Waals surface area contributed by atoms with Gasteiger partial charge in [0.2, 0.25) is 0 Å². The maximum absolute atomic E-state index is 12.1. The van der Waals surface area contributed by atoms with Gasteiger partial charge in [-0.2, -0.15) is 0 Å². The van der Waals surface area contributed by atoms with Gasteiger partial charge in [0.05, 0.1) is 24.4 Å². The molecule has 0 bridgehead atoms. The summed E-state index contributed by atoms with van der Waals surface area (Å²) >= 11 is 0. The number of hydrogen-bond donors (Lipinski definition) is 2. The Bertz CT molecular complexity index is 698.